The van der Waals surface area contributed by atoms with Crippen LogP contribution in [0.4, 0.5) is 4.39 Å². The molecule has 1 aromatic carbocycles. The predicted molar refractivity (Wildman–Crippen MR) is 92.3 cm³/mol. The van der Waals surface area contributed by atoms with Gasteiger partial charge >= 0.3 is 0 Å². The Kier molecular flexibility index (Phi) is 5.68. The number of carbonyl (C=O) groups is 2. The van der Waals surface area contributed by atoms with Crippen LogP contribution in [0, 0.1) is 11.7 Å². The minimum Gasteiger partial charge on any atom is -0.494 e. The number of Topliss-reactive ketones (excluding diaryl/α,β-unsaturated/α-hetero) is 1. The van der Waals surface area contributed by atoms with E-state index in [1.807, 2.05) is 4.90 Å². The third-order valence-electron chi connectivity index (χ3n) is 4.98. The number of halogens is 1. The van der Waals surface area contributed by atoms with E-state index in [1.165, 1.54) is 38.2 Å². The third kappa shape index (κ3) is 4.78. The zero-order chi connectivity index (χ0) is 17.8. The fourth-order valence-electron chi connectivity index (χ4n) is 3.21. The molecule has 0 unspecified atom stereocenters. The van der Waals surface area contributed by atoms with Crippen LogP contribution >= 0.6 is 0 Å². The first-order valence-corrected chi connectivity index (χ1v) is 8.93. The highest BCUT2D eigenvalue weighted by molar-refractivity contribution is 5.98. The molecule has 0 radical (unpaired) electrons. The molecule has 0 aromatic heterocycles. The molecule has 1 aliphatic carbocycles. The van der Waals surface area contributed by atoms with Crippen molar-refractivity contribution in [3.8, 4) is 5.75 Å². The summed E-state index contributed by atoms with van der Waals surface area (Å²) >= 11 is 0. The molecule has 3 rings (SSSR count). The molecule has 1 amide bonds. The molecular formula is C19H25FN2O3. The Labute approximate surface area is 147 Å². The summed E-state index contributed by atoms with van der Waals surface area (Å²) in [5.74, 6) is 0.198. The highest BCUT2D eigenvalue weighted by Gasteiger charge is 2.27. The normalized spacial score (nSPS) is 18.2. The Hall–Kier alpha value is -1.95. The van der Waals surface area contributed by atoms with E-state index < -0.39 is 5.82 Å². The monoisotopic (exact) mass is 348 g/mol. The van der Waals surface area contributed by atoms with E-state index in [0.29, 0.717) is 0 Å². The lowest BCUT2D eigenvalue weighted by Gasteiger charge is -2.34. The molecule has 136 valence electrons. The molecule has 1 heterocycles. The lowest BCUT2D eigenvalue weighted by Crippen LogP contribution is -2.49. The van der Waals surface area contributed by atoms with Crippen molar-refractivity contribution in [2.24, 2.45) is 5.92 Å². The fourth-order valence-corrected chi connectivity index (χ4v) is 3.21. The second-order valence-corrected chi connectivity index (χ2v) is 6.90. The third-order valence-corrected chi connectivity index (χ3v) is 4.98. The molecule has 0 spiro atoms. The van der Waals surface area contributed by atoms with Crippen LogP contribution in [-0.4, -0.2) is 61.3 Å². The van der Waals surface area contributed by atoms with Crippen molar-refractivity contribution in [3.05, 3.63) is 29.6 Å². The molecule has 2 aliphatic rings. The van der Waals surface area contributed by atoms with Crippen molar-refractivity contribution in [2.75, 3.05) is 39.8 Å². The molecule has 25 heavy (non-hydrogen) atoms. The van der Waals surface area contributed by atoms with Gasteiger partial charge in [-0.1, -0.05) is 0 Å². The summed E-state index contributed by atoms with van der Waals surface area (Å²) in [6, 6.07) is 4.14. The van der Waals surface area contributed by atoms with E-state index in [2.05, 4.69) is 4.90 Å². The van der Waals surface area contributed by atoms with Crippen LogP contribution < -0.4 is 4.74 Å². The van der Waals surface area contributed by atoms with Crippen molar-refractivity contribution >= 4 is 11.7 Å². The average molecular weight is 348 g/mol. The Morgan fingerprint density at radius 2 is 1.88 bits per heavy atom. The molecule has 0 atom stereocenters. The number of carbonyl (C=O) groups excluding carboxylic acids is 2. The number of amides is 1. The van der Waals surface area contributed by atoms with Gasteiger partial charge in [0, 0.05) is 51.1 Å². The van der Waals surface area contributed by atoms with Crippen LogP contribution in [-0.2, 0) is 4.79 Å². The molecule has 6 heteroatoms. The quantitative estimate of drug-likeness (QED) is 0.710. The maximum Gasteiger partial charge on any atom is 0.223 e. The summed E-state index contributed by atoms with van der Waals surface area (Å²) in [5.41, 5.74) is 0.278. The minimum atomic E-state index is -0.563. The number of rotatable bonds is 7. The topological polar surface area (TPSA) is 49.9 Å². The van der Waals surface area contributed by atoms with Crippen molar-refractivity contribution in [3.63, 3.8) is 0 Å². The predicted octanol–water partition coefficient (Wildman–Crippen LogP) is 2.35. The maximum atomic E-state index is 13.7. The van der Waals surface area contributed by atoms with Gasteiger partial charge in [0.25, 0.3) is 0 Å². The molecule has 1 saturated heterocycles. The van der Waals surface area contributed by atoms with Gasteiger partial charge in [0.15, 0.2) is 17.3 Å². The Balaban J connectivity index is 1.44. The summed E-state index contributed by atoms with van der Waals surface area (Å²) in [5, 5.41) is 0. The zero-order valence-corrected chi connectivity index (χ0v) is 14.7. The molecule has 0 N–H and O–H groups in total. The summed E-state index contributed by atoms with van der Waals surface area (Å²) < 4.78 is 18.5. The van der Waals surface area contributed by atoms with Gasteiger partial charge in [0.1, 0.15) is 0 Å². The van der Waals surface area contributed by atoms with Gasteiger partial charge in [-0.25, -0.2) is 4.39 Å². The number of ether oxygens (including phenoxy) is 1. The van der Waals surface area contributed by atoms with Crippen molar-refractivity contribution in [1.29, 1.82) is 0 Å². The largest absolute Gasteiger partial charge is 0.494 e. The minimum absolute atomic E-state index is 0.00778. The number of piperazine rings is 1. The van der Waals surface area contributed by atoms with E-state index in [9.17, 15) is 14.0 Å². The lowest BCUT2D eigenvalue weighted by molar-refractivity contribution is -0.132. The van der Waals surface area contributed by atoms with Crippen LogP contribution in [0.3, 0.4) is 0 Å². The lowest BCUT2D eigenvalue weighted by atomic mass is 10.1. The number of nitrogens with zero attached hydrogens (tertiary/aromatic N) is 2. The number of ketones is 1. The molecule has 2 fully saturated rings. The van der Waals surface area contributed by atoms with Gasteiger partial charge in [-0.2, -0.15) is 0 Å². The summed E-state index contributed by atoms with van der Waals surface area (Å²) in [4.78, 5) is 28.7. The highest BCUT2D eigenvalue weighted by atomic mass is 19.1. The second kappa shape index (κ2) is 7.95. The van der Waals surface area contributed by atoms with E-state index >= 15 is 0 Å². The molecule has 1 aromatic rings. The molecule has 5 nitrogen and oxygen atoms in total. The number of benzene rings is 1. The van der Waals surface area contributed by atoms with E-state index in [0.717, 1.165) is 38.6 Å². The maximum absolute atomic E-state index is 13.7. The number of methoxy groups -OCH3 is 1. The summed E-state index contributed by atoms with van der Waals surface area (Å²) in [7, 11) is 1.38. The summed E-state index contributed by atoms with van der Waals surface area (Å²) in [6.45, 7) is 4.46. The van der Waals surface area contributed by atoms with Crippen molar-refractivity contribution < 1.29 is 18.7 Å². The van der Waals surface area contributed by atoms with E-state index in [4.69, 9.17) is 4.74 Å². The van der Waals surface area contributed by atoms with Gasteiger partial charge in [-0.3, -0.25) is 14.5 Å². The van der Waals surface area contributed by atoms with E-state index in [-0.39, 0.29) is 35.8 Å². The van der Waals surface area contributed by atoms with Gasteiger partial charge in [-0.15, -0.1) is 0 Å². The standard InChI is InChI=1S/C19H25FN2O3/c1-25-18-6-4-15(12-16(18)20)17(23)5-7-19(24)22-10-8-21(9-11-22)13-14-2-3-14/h4,6,12,14H,2-3,5,7-11,13H2,1H3. The van der Waals surface area contributed by atoms with Crippen molar-refractivity contribution in [1.82, 2.24) is 9.80 Å². The zero-order valence-electron chi connectivity index (χ0n) is 14.7. The Morgan fingerprint density at radius 3 is 2.48 bits per heavy atom. The van der Waals surface area contributed by atoms with Gasteiger partial charge in [0.05, 0.1) is 7.11 Å². The second-order valence-electron chi connectivity index (χ2n) is 6.90. The van der Waals surface area contributed by atoms with E-state index in [1.54, 1.807) is 0 Å². The molecule has 1 aliphatic heterocycles. The molecule has 0 bridgehead atoms. The van der Waals surface area contributed by atoms with Crippen LogP contribution in [0.25, 0.3) is 0 Å². The van der Waals surface area contributed by atoms with Gasteiger partial charge in [0.2, 0.25) is 5.91 Å². The van der Waals surface area contributed by atoms with Crippen molar-refractivity contribution in [2.45, 2.75) is 25.7 Å². The Morgan fingerprint density at radius 1 is 1.16 bits per heavy atom. The number of hydrogen-bond donors (Lipinski definition) is 0. The first-order chi connectivity index (χ1) is 12.1. The van der Waals surface area contributed by atoms with Crippen LogP contribution in [0.2, 0.25) is 0 Å². The number of hydrogen-bond acceptors (Lipinski definition) is 4. The molecule has 1 saturated carbocycles. The van der Waals surface area contributed by atoms with Gasteiger partial charge < -0.3 is 9.64 Å². The average Bonchev–Trinajstić information content (AvgIpc) is 3.44. The van der Waals surface area contributed by atoms with Crippen LogP contribution in [0.15, 0.2) is 18.2 Å². The highest BCUT2D eigenvalue weighted by Crippen LogP contribution is 2.30. The smallest absolute Gasteiger partial charge is 0.223 e. The van der Waals surface area contributed by atoms with Crippen LogP contribution in [0.5, 0.6) is 5.75 Å². The van der Waals surface area contributed by atoms with Crippen LogP contribution in [0.1, 0.15) is 36.0 Å². The van der Waals surface area contributed by atoms with Gasteiger partial charge in [-0.05, 0) is 37.0 Å². The molecular weight excluding hydrogens is 323 g/mol. The first-order valence-electron chi connectivity index (χ1n) is 8.93. The summed E-state index contributed by atoms with van der Waals surface area (Å²) in [6.07, 6.45) is 2.96. The SMILES string of the molecule is COc1ccc(C(=O)CCC(=O)N2CCN(CC3CC3)CC2)cc1F. The first kappa shape index (κ1) is 17.9. The fraction of sp³-hybridized carbons (Fsp3) is 0.579. The Bertz CT molecular complexity index is 638.